The topological polar surface area (TPSA) is 44.5 Å². The standard InChI is InChI=1S/C16H26FNO2/c1-6-20-15(16(2,3)4)12(18)10-11-8-7-9-13(19-5)14(11)17/h7-9,12,15H,6,10,18H2,1-5H3. The Morgan fingerprint density at radius 2 is 1.95 bits per heavy atom. The lowest BCUT2D eigenvalue weighted by Crippen LogP contribution is -2.46. The molecule has 0 heterocycles. The van der Waals surface area contributed by atoms with Crippen molar-refractivity contribution < 1.29 is 13.9 Å². The van der Waals surface area contributed by atoms with Crippen LogP contribution in [-0.4, -0.2) is 25.9 Å². The normalized spacial score (nSPS) is 14.9. The van der Waals surface area contributed by atoms with Gasteiger partial charge in [-0.3, -0.25) is 0 Å². The highest BCUT2D eigenvalue weighted by Gasteiger charge is 2.31. The molecule has 2 N–H and O–H groups in total. The number of ether oxygens (including phenoxy) is 2. The predicted octanol–water partition coefficient (Wildman–Crippen LogP) is 3.16. The highest BCUT2D eigenvalue weighted by atomic mass is 19.1. The molecule has 3 nitrogen and oxygen atoms in total. The molecule has 114 valence electrons. The summed E-state index contributed by atoms with van der Waals surface area (Å²) in [6, 6.07) is 4.85. The summed E-state index contributed by atoms with van der Waals surface area (Å²) in [5.41, 5.74) is 6.72. The molecular weight excluding hydrogens is 257 g/mol. The van der Waals surface area contributed by atoms with Gasteiger partial charge in [-0.25, -0.2) is 4.39 Å². The minimum absolute atomic E-state index is 0.0925. The van der Waals surface area contributed by atoms with Crippen LogP contribution >= 0.6 is 0 Å². The maximum Gasteiger partial charge on any atom is 0.168 e. The molecule has 0 aliphatic heterocycles. The van der Waals surface area contributed by atoms with E-state index in [4.69, 9.17) is 15.2 Å². The van der Waals surface area contributed by atoms with Crippen LogP contribution in [0.15, 0.2) is 18.2 Å². The van der Waals surface area contributed by atoms with Crippen LogP contribution in [-0.2, 0) is 11.2 Å². The van der Waals surface area contributed by atoms with Crippen molar-refractivity contribution in [1.82, 2.24) is 0 Å². The lowest BCUT2D eigenvalue weighted by Gasteiger charge is -2.35. The summed E-state index contributed by atoms with van der Waals surface area (Å²) in [5.74, 6) is -0.0898. The van der Waals surface area contributed by atoms with Crippen LogP contribution < -0.4 is 10.5 Å². The van der Waals surface area contributed by atoms with Gasteiger partial charge in [0.2, 0.25) is 0 Å². The fraction of sp³-hybridized carbons (Fsp3) is 0.625. The first-order valence-electron chi connectivity index (χ1n) is 6.99. The Labute approximate surface area is 121 Å². The molecular formula is C16H26FNO2. The van der Waals surface area contributed by atoms with Crippen LogP contribution in [0.2, 0.25) is 0 Å². The number of methoxy groups -OCH3 is 1. The molecule has 0 fully saturated rings. The number of rotatable bonds is 6. The quantitative estimate of drug-likeness (QED) is 0.872. The SMILES string of the molecule is CCOC(C(N)Cc1cccc(OC)c1F)C(C)(C)C. The van der Waals surface area contributed by atoms with Crippen molar-refractivity contribution in [2.24, 2.45) is 11.1 Å². The number of hydrogen-bond donors (Lipinski definition) is 1. The molecule has 0 saturated heterocycles. The zero-order chi connectivity index (χ0) is 15.3. The summed E-state index contributed by atoms with van der Waals surface area (Å²) in [7, 11) is 1.46. The maximum atomic E-state index is 14.2. The van der Waals surface area contributed by atoms with E-state index in [-0.39, 0.29) is 29.1 Å². The summed E-state index contributed by atoms with van der Waals surface area (Å²) in [6.07, 6.45) is 0.295. The predicted molar refractivity (Wildman–Crippen MR) is 79.5 cm³/mol. The fourth-order valence-electron chi connectivity index (χ4n) is 2.43. The second-order valence-corrected chi connectivity index (χ2v) is 6.04. The zero-order valence-electron chi connectivity index (χ0n) is 13.1. The van der Waals surface area contributed by atoms with Gasteiger partial charge in [0.1, 0.15) is 0 Å². The van der Waals surface area contributed by atoms with Crippen molar-refractivity contribution >= 4 is 0 Å². The average Bonchev–Trinajstić information content (AvgIpc) is 2.37. The number of nitrogens with two attached hydrogens (primary N) is 1. The third-order valence-electron chi connectivity index (χ3n) is 3.31. The smallest absolute Gasteiger partial charge is 0.168 e. The molecule has 1 rings (SSSR count). The zero-order valence-corrected chi connectivity index (χ0v) is 13.1. The molecule has 0 amide bonds. The van der Waals surface area contributed by atoms with Crippen LogP contribution in [0.1, 0.15) is 33.3 Å². The molecule has 0 aromatic heterocycles. The van der Waals surface area contributed by atoms with Gasteiger partial charge in [0.15, 0.2) is 11.6 Å². The molecule has 1 aromatic carbocycles. The average molecular weight is 283 g/mol. The Kier molecular flexibility index (Phi) is 5.96. The monoisotopic (exact) mass is 283 g/mol. The lowest BCUT2D eigenvalue weighted by molar-refractivity contribution is -0.0275. The minimum atomic E-state index is -0.338. The van der Waals surface area contributed by atoms with Crippen LogP contribution in [0, 0.1) is 11.2 Å². The molecule has 0 aliphatic rings. The van der Waals surface area contributed by atoms with E-state index in [9.17, 15) is 4.39 Å². The van der Waals surface area contributed by atoms with Crippen LogP contribution in [0.3, 0.4) is 0 Å². The first-order valence-corrected chi connectivity index (χ1v) is 6.99. The Balaban J connectivity index is 2.91. The Bertz CT molecular complexity index is 429. The van der Waals surface area contributed by atoms with E-state index in [0.29, 0.717) is 18.6 Å². The molecule has 2 atom stereocenters. The van der Waals surface area contributed by atoms with Gasteiger partial charge < -0.3 is 15.2 Å². The van der Waals surface area contributed by atoms with E-state index in [1.807, 2.05) is 6.92 Å². The fourth-order valence-corrected chi connectivity index (χ4v) is 2.43. The van der Waals surface area contributed by atoms with Crippen LogP contribution in [0.4, 0.5) is 4.39 Å². The second kappa shape index (κ2) is 7.04. The third-order valence-corrected chi connectivity index (χ3v) is 3.31. The van der Waals surface area contributed by atoms with Gasteiger partial charge in [-0.1, -0.05) is 32.9 Å². The molecule has 0 bridgehead atoms. The van der Waals surface area contributed by atoms with Gasteiger partial charge >= 0.3 is 0 Å². The van der Waals surface area contributed by atoms with Crippen molar-refractivity contribution in [2.45, 2.75) is 46.3 Å². The highest BCUT2D eigenvalue weighted by Crippen LogP contribution is 2.27. The van der Waals surface area contributed by atoms with Crippen LogP contribution in [0.25, 0.3) is 0 Å². The van der Waals surface area contributed by atoms with E-state index in [2.05, 4.69) is 20.8 Å². The molecule has 20 heavy (non-hydrogen) atoms. The second-order valence-electron chi connectivity index (χ2n) is 6.04. The summed E-state index contributed by atoms with van der Waals surface area (Å²) >= 11 is 0. The molecule has 2 unspecified atom stereocenters. The van der Waals surface area contributed by atoms with Gasteiger partial charge in [-0.15, -0.1) is 0 Å². The Morgan fingerprint density at radius 3 is 2.45 bits per heavy atom. The summed E-state index contributed by atoms with van der Waals surface area (Å²) in [6.45, 7) is 8.77. The van der Waals surface area contributed by atoms with Crippen molar-refractivity contribution in [2.75, 3.05) is 13.7 Å². The van der Waals surface area contributed by atoms with E-state index in [0.717, 1.165) is 0 Å². The van der Waals surface area contributed by atoms with Gasteiger partial charge in [0, 0.05) is 12.6 Å². The Hall–Kier alpha value is -1.13. The summed E-state index contributed by atoms with van der Waals surface area (Å²) in [4.78, 5) is 0. The summed E-state index contributed by atoms with van der Waals surface area (Å²) in [5, 5.41) is 0. The van der Waals surface area contributed by atoms with E-state index in [1.54, 1.807) is 18.2 Å². The molecule has 0 spiro atoms. The maximum absolute atomic E-state index is 14.2. The van der Waals surface area contributed by atoms with E-state index in [1.165, 1.54) is 7.11 Å². The van der Waals surface area contributed by atoms with Crippen LogP contribution in [0.5, 0.6) is 5.75 Å². The first-order chi connectivity index (χ1) is 9.31. The minimum Gasteiger partial charge on any atom is -0.494 e. The molecule has 0 radical (unpaired) electrons. The molecule has 0 saturated carbocycles. The molecule has 1 aromatic rings. The van der Waals surface area contributed by atoms with E-state index < -0.39 is 0 Å². The van der Waals surface area contributed by atoms with Crippen molar-refractivity contribution in [3.63, 3.8) is 0 Å². The van der Waals surface area contributed by atoms with Gasteiger partial charge in [-0.2, -0.15) is 0 Å². The number of benzene rings is 1. The van der Waals surface area contributed by atoms with Gasteiger partial charge in [0.25, 0.3) is 0 Å². The van der Waals surface area contributed by atoms with Gasteiger partial charge in [0.05, 0.1) is 13.2 Å². The highest BCUT2D eigenvalue weighted by molar-refractivity contribution is 5.31. The van der Waals surface area contributed by atoms with Gasteiger partial charge in [-0.05, 0) is 30.4 Å². The number of hydrogen-bond acceptors (Lipinski definition) is 3. The van der Waals surface area contributed by atoms with Crippen molar-refractivity contribution in [3.05, 3.63) is 29.6 Å². The first kappa shape index (κ1) is 16.9. The largest absolute Gasteiger partial charge is 0.494 e. The summed E-state index contributed by atoms with van der Waals surface area (Å²) < 4.78 is 24.9. The van der Waals surface area contributed by atoms with Crippen molar-refractivity contribution in [1.29, 1.82) is 0 Å². The third kappa shape index (κ3) is 4.18. The molecule has 0 aliphatic carbocycles. The number of halogens is 1. The molecule has 4 heteroatoms. The Morgan fingerprint density at radius 1 is 1.30 bits per heavy atom. The van der Waals surface area contributed by atoms with E-state index >= 15 is 0 Å². The van der Waals surface area contributed by atoms with Crippen molar-refractivity contribution in [3.8, 4) is 5.75 Å². The lowest BCUT2D eigenvalue weighted by atomic mass is 9.82.